The van der Waals surface area contributed by atoms with E-state index in [1.165, 1.54) is 7.11 Å². The Balaban J connectivity index is 3.09. The van der Waals surface area contributed by atoms with Gasteiger partial charge in [-0.05, 0) is 45.7 Å². The fraction of sp³-hybridized carbons (Fsp3) is 0.867. The third-order valence-electron chi connectivity index (χ3n) is 3.02. The Hall–Kier alpha value is -1.30. The second-order valence-corrected chi connectivity index (χ2v) is 4.84. The molecular weight excluding hydrogens is 272 g/mol. The van der Waals surface area contributed by atoms with Crippen LogP contribution in [0.3, 0.4) is 0 Å². The molecule has 0 unspecified atom stereocenters. The Kier molecular flexibility index (Phi) is 14.2. The first-order valence-corrected chi connectivity index (χ1v) is 7.88. The molecule has 21 heavy (non-hydrogen) atoms. The quantitative estimate of drug-likeness (QED) is 0.403. The van der Waals surface area contributed by atoms with Crippen molar-refractivity contribution in [2.75, 3.05) is 33.4 Å². The number of methoxy groups -OCH3 is 1. The van der Waals surface area contributed by atoms with Crippen LogP contribution in [0.1, 0.15) is 51.9 Å². The van der Waals surface area contributed by atoms with Crippen molar-refractivity contribution in [1.29, 1.82) is 0 Å². The van der Waals surface area contributed by atoms with E-state index in [9.17, 15) is 9.59 Å². The van der Waals surface area contributed by atoms with Gasteiger partial charge in [-0.2, -0.15) is 0 Å². The van der Waals surface area contributed by atoms with Crippen LogP contribution in [-0.2, 0) is 14.3 Å². The molecule has 2 N–H and O–H groups in total. The van der Waals surface area contributed by atoms with E-state index in [-0.39, 0.29) is 12.1 Å². The summed E-state index contributed by atoms with van der Waals surface area (Å²) in [5, 5.41) is 6.04. The van der Waals surface area contributed by atoms with Crippen LogP contribution in [0.25, 0.3) is 0 Å². The predicted octanol–water partition coefficient (Wildman–Crippen LogP) is 2.23. The van der Waals surface area contributed by atoms with Gasteiger partial charge in [0.25, 0.3) is 0 Å². The monoisotopic (exact) mass is 302 g/mol. The summed E-state index contributed by atoms with van der Waals surface area (Å²) in [5.74, 6) is -0.0916. The number of nitrogens with one attached hydrogen (secondary N) is 2. The molecular formula is C15H30N2O4. The fourth-order valence-electron chi connectivity index (χ4n) is 1.87. The first kappa shape index (κ1) is 19.7. The van der Waals surface area contributed by atoms with Gasteiger partial charge in [0.05, 0.1) is 13.7 Å². The van der Waals surface area contributed by atoms with E-state index in [0.29, 0.717) is 19.6 Å². The van der Waals surface area contributed by atoms with E-state index in [1.807, 2.05) is 6.92 Å². The Bertz CT molecular complexity index is 272. The van der Waals surface area contributed by atoms with Gasteiger partial charge >= 0.3 is 12.1 Å². The number of rotatable bonds is 13. The third kappa shape index (κ3) is 14.9. The molecule has 0 radical (unpaired) electrons. The number of ether oxygens (including phenoxy) is 2. The van der Waals surface area contributed by atoms with Crippen molar-refractivity contribution in [2.45, 2.75) is 51.9 Å². The minimum atomic E-state index is -0.365. The molecule has 0 fully saturated rings. The van der Waals surface area contributed by atoms with E-state index < -0.39 is 0 Å². The molecule has 0 saturated carbocycles. The summed E-state index contributed by atoms with van der Waals surface area (Å²) in [7, 11) is 1.37. The summed E-state index contributed by atoms with van der Waals surface area (Å²) in [6.45, 7) is 4.95. The number of esters is 1. The maximum atomic E-state index is 11.1. The van der Waals surface area contributed by atoms with Gasteiger partial charge in [-0.3, -0.25) is 4.79 Å². The van der Waals surface area contributed by atoms with Gasteiger partial charge in [-0.15, -0.1) is 0 Å². The first-order chi connectivity index (χ1) is 10.2. The average Bonchev–Trinajstić information content (AvgIpc) is 2.48. The molecule has 0 aromatic carbocycles. The number of amides is 1. The molecule has 6 heteroatoms. The van der Waals surface area contributed by atoms with Crippen LogP contribution in [0.5, 0.6) is 0 Å². The largest absolute Gasteiger partial charge is 0.466 e. The molecule has 1 amide bonds. The van der Waals surface area contributed by atoms with E-state index >= 15 is 0 Å². The van der Waals surface area contributed by atoms with E-state index in [0.717, 1.165) is 51.6 Å². The fourth-order valence-corrected chi connectivity index (χ4v) is 1.87. The highest BCUT2D eigenvalue weighted by Gasteiger charge is 2.00. The van der Waals surface area contributed by atoms with Crippen molar-refractivity contribution in [1.82, 2.24) is 10.6 Å². The Labute approximate surface area is 127 Å². The normalized spacial score (nSPS) is 10.2. The van der Waals surface area contributed by atoms with Gasteiger partial charge in [0.2, 0.25) is 0 Å². The van der Waals surface area contributed by atoms with Gasteiger partial charge in [0.1, 0.15) is 0 Å². The topological polar surface area (TPSA) is 76.7 Å². The molecule has 6 nitrogen and oxygen atoms in total. The van der Waals surface area contributed by atoms with E-state index in [1.54, 1.807) is 0 Å². The van der Waals surface area contributed by atoms with Crippen LogP contribution < -0.4 is 10.6 Å². The molecule has 0 aliphatic heterocycles. The molecule has 0 aliphatic rings. The highest BCUT2D eigenvalue weighted by molar-refractivity contribution is 5.69. The average molecular weight is 302 g/mol. The van der Waals surface area contributed by atoms with E-state index in [4.69, 9.17) is 4.74 Å². The predicted molar refractivity (Wildman–Crippen MR) is 82.2 cm³/mol. The number of unbranched alkanes of at least 4 members (excludes halogenated alkanes) is 4. The maximum Gasteiger partial charge on any atom is 0.406 e. The first-order valence-electron chi connectivity index (χ1n) is 7.88. The zero-order chi connectivity index (χ0) is 15.8. The van der Waals surface area contributed by atoms with Crippen LogP contribution >= 0.6 is 0 Å². The molecule has 0 rings (SSSR count). The van der Waals surface area contributed by atoms with Crippen LogP contribution in [0.15, 0.2) is 0 Å². The molecule has 0 aromatic heterocycles. The Morgan fingerprint density at radius 1 is 0.905 bits per heavy atom. The second kappa shape index (κ2) is 15.1. The number of carbonyl (C=O) groups excluding carboxylic acids is 2. The smallest absolute Gasteiger partial charge is 0.406 e. The molecule has 0 bridgehead atoms. The minimum absolute atomic E-state index is 0.0916. The summed E-state index contributed by atoms with van der Waals surface area (Å²) in [5.41, 5.74) is 0. The van der Waals surface area contributed by atoms with Crippen molar-refractivity contribution < 1.29 is 19.1 Å². The summed E-state index contributed by atoms with van der Waals surface area (Å²) < 4.78 is 9.35. The van der Waals surface area contributed by atoms with Crippen molar-refractivity contribution in [2.24, 2.45) is 0 Å². The van der Waals surface area contributed by atoms with Crippen LogP contribution in [-0.4, -0.2) is 45.4 Å². The second-order valence-electron chi connectivity index (χ2n) is 4.84. The third-order valence-corrected chi connectivity index (χ3v) is 3.02. The highest BCUT2D eigenvalue weighted by Crippen LogP contribution is 2.01. The van der Waals surface area contributed by atoms with Crippen molar-refractivity contribution in [3.63, 3.8) is 0 Å². The maximum absolute atomic E-state index is 11.1. The summed E-state index contributed by atoms with van der Waals surface area (Å²) >= 11 is 0. The molecule has 0 heterocycles. The number of carbonyl (C=O) groups is 2. The van der Waals surface area contributed by atoms with Gasteiger partial charge in [-0.25, -0.2) is 4.79 Å². The van der Waals surface area contributed by atoms with Crippen LogP contribution in [0.2, 0.25) is 0 Å². The van der Waals surface area contributed by atoms with Gasteiger partial charge in [0.15, 0.2) is 0 Å². The lowest BCUT2D eigenvalue weighted by Crippen LogP contribution is -2.24. The summed E-state index contributed by atoms with van der Waals surface area (Å²) in [4.78, 5) is 21.9. The zero-order valence-electron chi connectivity index (χ0n) is 13.4. The van der Waals surface area contributed by atoms with Crippen LogP contribution in [0.4, 0.5) is 4.79 Å². The van der Waals surface area contributed by atoms with Gasteiger partial charge in [0, 0.05) is 13.0 Å². The summed E-state index contributed by atoms with van der Waals surface area (Å²) in [6.07, 6.45) is 6.36. The lowest BCUT2D eigenvalue weighted by molar-refractivity contribution is -0.143. The highest BCUT2D eigenvalue weighted by atomic mass is 16.5. The lowest BCUT2D eigenvalue weighted by Gasteiger charge is -2.06. The van der Waals surface area contributed by atoms with Crippen molar-refractivity contribution in [3.05, 3.63) is 0 Å². The SMILES string of the molecule is CCOC(=O)CCCCCNCCCCCNC(=O)OC. The molecule has 0 aliphatic carbocycles. The Morgan fingerprint density at radius 2 is 1.52 bits per heavy atom. The molecule has 124 valence electrons. The lowest BCUT2D eigenvalue weighted by atomic mass is 10.2. The zero-order valence-corrected chi connectivity index (χ0v) is 13.4. The number of alkyl carbamates (subject to hydrolysis) is 1. The van der Waals surface area contributed by atoms with Gasteiger partial charge < -0.3 is 20.1 Å². The van der Waals surface area contributed by atoms with Crippen molar-refractivity contribution >= 4 is 12.1 Å². The summed E-state index contributed by atoms with van der Waals surface area (Å²) in [6, 6.07) is 0. The number of hydrogen-bond donors (Lipinski definition) is 2. The molecule has 0 atom stereocenters. The van der Waals surface area contributed by atoms with Crippen LogP contribution in [0, 0.1) is 0 Å². The number of hydrogen-bond acceptors (Lipinski definition) is 5. The Morgan fingerprint density at radius 3 is 2.14 bits per heavy atom. The minimum Gasteiger partial charge on any atom is -0.466 e. The molecule has 0 spiro atoms. The van der Waals surface area contributed by atoms with E-state index in [2.05, 4.69) is 15.4 Å². The molecule has 0 saturated heterocycles. The standard InChI is InChI=1S/C15H30N2O4/c1-3-21-14(18)10-6-4-7-11-16-12-8-5-9-13-17-15(19)20-2/h16H,3-13H2,1-2H3,(H,17,19). The molecule has 0 aromatic rings. The van der Waals surface area contributed by atoms with Crippen molar-refractivity contribution in [3.8, 4) is 0 Å². The van der Waals surface area contributed by atoms with Gasteiger partial charge in [-0.1, -0.05) is 12.8 Å².